The first-order chi connectivity index (χ1) is 14.0. The first kappa shape index (κ1) is 23.7. The first-order valence-electron chi connectivity index (χ1n) is 8.69. The van der Waals surface area contributed by atoms with Crippen LogP contribution >= 0.6 is 0 Å². The second-order valence-corrected chi connectivity index (χ2v) is 6.49. The molecule has 30 heavy (non-hydrogen) atoms. The van der Waals surface area contributed by atoms with Crippen molar-refractivity contribution < 1.29 is 40.6 Å². The predicted molar refractivity (Wildman–Crippen MR) is 95.1 cm³/mol. The molecule has 10 heteroatoms. The number of ether oxygens (including phenoxy) is 2. The minimum atomic E-state index is -4.93. The molecule has 1 atom stereocenters. The van der Waals surface area contributed by atoms with Gasteiger partial charge in [0.1, 0.15) is 12.8 Å². The molecule has 0 saturated carbocycles. The van der Waals surface area contributed by atoms with E-state index in [1.165, 1.54) is 11.9 Å². The summed E-state index contributed by atoms with van der Waals surface area (Å²) in [4.78, 5) is 11.9. The summed E-state index contributed by atoms with van der Waals surface area (Å²) in [5.74, 6) is 0. The fourth-order valence-corrected chi connectivity index (χ4v) is 2.53. The van der Waals surface area contributed by atoms with Crippen molar-refractivity contribution in [2.45, 2.75) is 25.1 Å². The number of alkyl halides is 6. The molecular formula is C20H19F6NO3. The maximum absolute atomic E-state index is 13.0. The Morgan fingerprint density at radius 1 is 0.967 bits per heavy atom. The molecule has 0 saturated heterocycles. The number of hydrogen-bond donors (Lipinski definition) is 0. The van der Waals surface area contributed by atoms with E-state index in [-0.39, 0.29) is 25.0 Å². The molecule has 0 spiro atoms. The SMILES string of the molecule is CN(C=O)COC(COCc1cc(C(F)(F)F)cc(C(F)(F)F)c1)c1ccccc1. The molecule has 0 bridgehead atoms. The highest BCUT2D eigenvalue weighted by Gasteiger charge is 2.36. The molecule has 0 radical (unpaired) electrons. The Balaban J connectivity index is 2.14. The van der Waals surface area contributed by atoms with Gasteiger partial charge < -0.3 is 14.4 Å². The molecular weight excluding hydrogens is 416 g/mol. The highest BCUT2D eigenvalue weighted by Crippen LogP contribution is 2.36. The second-order valence-electron chi connectivity index (χ2n) is 6.49. The van der Waals surface area contributed by atoms with E-state index in [4.69, 9.17) is 9.47 Å². The van der Waals surface area contributed by atoms with Gasteiger partial charge in [0.25, 0.3) is 0 Å². The van der Waals surface area contributed by atoms with Crippen molar-refractivity contribution in [3.63, 3.8) is 0 Å². The standard InChI is InChI=1S/C20H19F6NO3/c1-27(12-28)13-30-18(15-5-3-2-4-6-15)11-29-10-14-7-16(19(21,22)23)9-17(8-14)20(24,25)26/h2-9,12,18H,10-11,13H2,1H3. The largest absolute Gasteiger partial charge is 0.416 e. The minimum Gasteiger partial charge on any atom is -0.374 e. The van der Waals surface area contributed by atoms with Crippen LogP contribution in [0.1, 0.15) is 28.4 Å². The van der Waals surface area contributed by atoms with Crippen LogP contribution in [0.4, 0.5) is 26.3 Å². The zero-order valence-electron chi connectivity index (χ0n) is 15.8. The molecule has 1 unspecified atom stereocenters. The monoisotopic (exact) mass is 435 g/mol. The van der Waals surface area contributed by atoms with E-state index >= 15 is 0 Å². The molecule has 0 aliphatic carbocycles. The van der Waals surface area contributed by atoms with Crippen LogP contribution in [-0.2, 0) is 33.2 Å². The Kier molecular flexibility index (Phi) is 7.85. The number of carbonyl (C=O) groups is 1. The van der Waals surface area contributed by atoms with E-state index in [9.17, 15) is 31.1 Å². The van der Waals surface area contributed by atoms with Gasteiger partial charge in [-0.1, -0.05) is 30.3 Å². The van der Waals surface area contributed by atoms with E-state index < -0.39 is 36.2 Å². The van der Waals surface area contributed by atoms with Gasteiger partial charge in [-0.3, -0.25) is 4.79 Å². The molecule has 4 nitrogen and oxygen atoms in total. The van der Waals surface area contributed by atoms with Crippen LogP contribution in [0.25, 0.3) is 0 Å². The molecule has 0 aromatic heterocycles. The van der Waals surface area contributed by atoms with Crippen LogP contribution < -0.4 is 0 Å². The maximum atomic E-state index is 13.0. The molecule has 2 rings (SSSR count). The van der Waals surface area contributed by atoms with E-state index in [1.54, 1.807) is 30.3 Å². The summed E-state index contributed by atoms with van der Waals surface area (Å²) in [7, 11) is 1.48. The average molecular weight is 435 g/mol. The molecule has 2 aromatic rings. The van der Waals surface area contributed by atoms with Crippen molar-refractivity contribution in [3.8, 4) is 0 Å². The smallest absolute Gasteiger partial charge is 0.374 e. The normalized spacial score (nSPS) is 13.2. The Bertz CT molecular complexity index is 791. The average Bonchev–Trinajstić information content (AvgIpc) is 2.69. The molecule has 0 N–H and O–H groups in total. The lowest BCUT2D eigenvalue weighted by molar-refractivity contribution is -0.143. The molecule has 0 heterocycles. The number of rotatable bonds is 9. The molecule has 164 valence electrons. The Morgan fingerprint density at radius 2 is 1.53 bits per heavy atom. The maximum Gasteiger partial charge on any atom is 0.416 e. The summed E-state index contributed by atoms with van der Waals surface area (Å²) in [5.41, 5.74) is -2.40. The zero-order chi connectivity index (χ0) is 22.4. The number of hydrogen-bond acceptors (Lipinski definition) is 3. The van der Waals surface area contributed by atoms with E-state index in [2.05, 4.69) is 0 Å². The summed E-state index contributed by atoms with van der Waals surface area (Å²) < 4.78 is 88.7. The zero-order valence-corrected chi connectivity index (χ0v) is 15.8. The lowest BCUT2D eigenvalue weighted by Gasteiger charge is -2.21. The molecule has 1 amide bonds. The van der Waals surface area contributed by atoms with Crippen molar-refractivity contribution in [3.05, 3.63) is 70.8 Å². The topological polar surface area (TPSA) is 38.8 Å². The number of nitrogens with zero attached hydrogens (tertiary/aromatic N) is 1. The van der Waals surface area contributed by atoms with Crippen LogP contribution in [-0.4, -0.2) is 31.7 Å². The van der Waals surface area contributed by atoms with Crippen LogP contribution in [0.5, 0.6) is 0 Å². The van der Waals surface area contributed by atoms with Gasteiger partial charge in [0, 0.05) is 7.05 Å². The van der Waals surface area contributed by atoms with E-state index in [0.29, 0.717) is 24.1 Å². The van der Waals surface area contributed by atoms with Crippen LogP contribution in [0.15, 0.2) is 48.5 Å². The van der Waals surface area contributed by atoms with Crippen molar-refractivity contribution >= 4 is 6.41 Å². The number of halogens is 6. The van der Waals surface area contributed by atoms with Gasteiger partial charge in [0.2, 0.25) is 6.41 Å². The lowest BCUT2D eigenvalue weighted by Crippen LogP contribution is -2.23. The molecule has 0 fully saturated rings. The van der Waals surface area contributed by atoms with Crippen molar-refractivity contribution in [1.29, 1.82) is 0 Å². The minimum absolute atomic E-state index is 0.0641. The van der Waals surface area contributed by atoms with Gasteiger partial charge >= 0.3 is 12.4 Å². The summed E-state index contributed by atoms with van der Waals surface area (Å²) in [6.07, 6.45) is -9.98. The lowest BCUT2D eigenvalue weighted by atomic mass is 10.1. The van der Waals surface area contributed by atoms with E-state index in [1.807, 2.05) is 0 Å². The van der Waals surface area contributed by atoms with Gasteiger partial charge in [-0.2, -0.15) is 26.3 Å². The fourth-order valence-electron chi connectivity index (χ4n) is 2.53. The fraction of sp³-hybridized carbons (Fsp3) is 0.350. The van der Waals surface area contributed by atoms with Crippen LogP contribution in [0.3, 0.4) is 0 Å². The highest BCUT2D eigenvalue weighted by atomic mass is 19.4. The first-order valence-corrected chi connectivity index (χ1v) is 8.69. The van der Waals surface area contributed by atoms with Gasteiger partial charge in [-0.05, 0) is 29.3 Å². The summed E-state index contributed by atoms with van der Waals surface area (Å²) in [6, 6.07) is 9.98. The van der Waals surface area contributed by atoms with Crippen LogP contribution in [0, 0.1) is 0 Å². The third-order valence-corrected chi connectivity index (χ3v) is 4.02. The van der Waals surface area contributed by atoms with Crippen molar-refractivity contribution in [1.82, 2.24) is 4.90 Å². The number of benzene rings is 2. The Labute approximate surface area is 169 Å². The predicted octanol–water partition coefficient (Wildman–Crippen LogP) is 5.04. The summed E-state index contributed by atoms with van der Waals surface area (Å²) in [6.45, 7) is -0.703. The third kappa shape index (κ3) is 7.03. The van der Waals surface area contributed by atoms with Gasteiger partial charge in [0.15, 0.2) is 0 Å². The van der Waals surface area contributed by atoms with Gasteiger partial charge in [-0.15, -0.1) is 0 Å². The molecule has 0 aliphatic rings. The summed E-state index contributed by atoms with van der Waals surface area (Å²) >= 11 is 0. The van der Waals surface area contributed by atoms with Crippen molar-refractivity contribution in [2.75, 3.05) is 20.4 Å². The third-order valence-electron chi connectivity index (χ3n) is 4.02. The summed E-state index contributed by atoms with van der Waals surface area (Å²) in [5, 5.41) is 0. The highest BCUT2D eigenvalue weighted by molar-refractivity contribution is 5.45. The number of amides is 1. The molecule has 0 aliphatic heterocycles. The van der Waals surface area contributed by atoms with Crippen LogP contribution in [0.2, 0.25) is 0 Å². The molecule has 2 aromatic carbocycles. The quantitative estimate of drug-likeness (QED) is 0.315. The second kappa shape index (κ2) is 9.94. The van der Waals surface area contributed by atoms with Crippen molar-refractivity contribution in [2.24, 2.45) is 0 Å². The van der Waals surface area contributed by atoms with E-state index in [0.717, 1.165) is 0 Å². The van der Waals surface area contributed by atoms with Gasteiger partial charge in [0.05, 0.1) is 24.3 Å². The Hall–Kier alpha value is -2.59. The van der Waals surface area contributed by atoms with Gasteiger partial charge in [-0.25, -0.2) is 0 Å². The Morgan fingerprint density at radius 3 is 2.03 bits per heavy atom. The number of carbonyl (C=O) groups excluding carboxylic acids is 1.